The molecule has 128 valence electrons. The number of ether oxygens (including phenoxy) is 1. The molecule has 0 bridgehead atoms. The molecule has 2 aromatic rings. The van der Waals surface area contributed by atoms with E-state index in [4.69, 9.17) is 4.74 Å². The average molecular weight is 327 g/mol. The second-order valence-electron chi connectivity index (χ2n) is 6.41. The molecule has 5 nitrogen and oxygen atoms in total. The minimum absolute atomic E-state index is 0.0921. The second-order valence-corrected chi connectivity index (χ2v) is 6.41. The lowest BCUT2D eigenvalue weighted by Crippen LogP contribution is -2.40. The molecular formula is C19H25N3O2. The Morgan fingerprint density at radius 2 is 2.17 bits per heavy atom. The summed E-state index contributed by atoms with van der Waals surface area (Å²) in [6.45, 7) is 4.37. The molecule has 0 spiro atoms. The summed E-state index contributed by atoms with van der Waals surface area (Å²) in [6, 6.07) is 10.4. The molecule has 1 aliphatic heterocycles. The van der Waals surface area contributed by atoms with Gasteiger partial charge in [0.15, 0.2) is 0 Å². The first-order valence-electron chi connectivity index (χ1n) is 8.62. The van der Waals surface area contributed by atoms with Crippen molar-refractivity contribution in [1.29, 1.82) is 0 Å². The molecule has 1 aliphatic rings. The first-order valence-corrected chi connectivity index (χ1v) is 8.62. The van der Waals surface area contributed by atoms with Gasteiger partial charge in [-0.1, -0.05) is 30.3 Å². The van der Waals surface area contributed by atoms with Crippen molar-refractivity contribution in [3.8, 4) is 0 Å². The highest BCUT2D eigenvalue weighted by molar-refractivity contribution is 5.78. The molecule has 24 heavy (non-hydrogen) atoms. The molecule has 0 N–H and O–H groups in total. The van der Waals surface area contributed by atoms with Crippen molar-refractivity contribution < 1.29 is 9.53 Å². The fraction of sp³-hybridized carbons (Fsp3) is 0.474. The lowest BCUT2D eigenvalue weighted by molar-refractivity contribution is -0.137. The number of carbonyl (C=O) groups excluding carboxylic acids is 1. The lowest BCUT2D eigenvalue weighted by Gasteiger charge is -2.24. The summed E-state index contributed by atoms with van der Waals surface area (Å²) in [4.78, 5) is 14.4. The number of rotatable bonds is 7. The molecule has 0 radical (unpaired) electrons. The Labute approximate surface area is 143 Å². The first-order chi connectivity index (χ1) is 11.7. The Kier molecular flexibility index (Phi) is 5.64. The van der Waals surface area contributed by atoms with Crippen molar-refractivity contribution in [2.75, 3.05) is 19.8 Å². The van der Waals surface area contributed by atoms with Crippen molar-refractivity contribution in [2.24, 2.45) is 0 Å². The van der Waals surface area contributed by atoms with Crippen LogP contribution >= 0.6 is 0 Å². The van der Waals surface area contributed by atoms with Gasteiger partial charge in [0, 0.05) is 12.7 Å². The lowest BCUT2D eigenvalue weighted by atomic mass is 10.2. The van der Waals surface area contributed by atoms with Crippen LogP contribution < -0.4 is 0 Å². The van der Waals surface area contributed by atoms with E-state index in [1.807, 2.05) is 47.1 Å². The van der Waals surface area contributed by atoms with Crippen LogP contribution in [0.3, 0.4) is 0 Å². The van der Waals surface area contributed by atoms with Gasteiger partial charge < -0.3 is 9.64 Å². The predicted molar refractivity (Wildman–Crippen MR) is 92.7 cm³/mol. The Balaban J connectivity index is 1.43. The number of hydrogen-bond donors (Lipinski definition) is 0. The molecule has 1 aromatic heterocycles. The van der Waals surface area contributed by atoms with Crippen LogP contribution in [-0.2, 0) is 22.5 Å². The van der Waals surface area contributed by atoms with Gasteiger partial charge in [0.2, 0.25) is 5.91 Å². The van der Waals surface area contributed by atoms with E-state index in [2.05, 4.69) is 17.2 Å². The standard InChI is InChI=1S/C19H25N3O2/c1-16-12-20-21(13-16)14-18-8-5-10-22(18)19(23)15-24-11-9-17-6-3-2-4-7-17/h2-4,6-7,12-13,18H,5,8-11,14-15H2,1H3/t18-/m0/s1. The fourth-order valence-corrected chi connectivity index (χ4v) is 3.21. The SMILES string of the molecule is Cc1cnn(C[C@@H]2CCCN2C(=O)COCCc2ccccc2)c1. The molecule has 5 heteroatoms. The minimum Gasteiger partial charge on any atom is -0.371 e. The molecule has 0 aliphatic carbocycles. The van der Waals surface area contributed by atoms with Crippen LogP contribution in [0.1, 0.15) is 24.0 Å². The molecule has 0 unspecified atom stereocenters. The van der Waals surface area contributed by atoms with Gasteiger partial charge in [-0.25, -0.2) is 0 Å². The number of aromatic nitrogens is 2. The highest BCUT2D eigenvalue weighted by Gasteiger charge is 2.28. The van der Waals surface area contributed by atoms with Gasteiger partial charge in [0.1, 0.15) is 6.61 Å². The van der Waals surface area contributed by atoms with Crippen LogP contribution in [0.2, 0.25) is 0 Å². The number of amides is 1. The Morgan fingerprint density at radius 3 is 2.92 bits per heavy atom. The van der Waals surface area contributed by atoms with Crippen molar-refractivity contribution >= 4 is 5.91 Å². The summed E-state index contributed by atoms with van der Waals surface area (Å²) in [5.74, 6) is 0.0921. The Hall–Kier alpha value is -2.14. The summed E-state index contributed by atoms with van der Waals surface area (Å²) in [7, 11) is 0. The quantitative estimate of drug-likeness (QED) is 0.734. The third-order valence-corrected chi connectivity index (χ3v) is 4.46. The van der Waals surface area contributed by atoms with Crippen LogP contribution in [0.5, 0.6) is 0 Å². The van der Waals surface area contributed by atoms with E-state index < -0.39 is 0 Å². The fourth-order valence-electron chi connectivity index (χ4n) is 3.21. The van der Waals surface area contributed by atoms with Gasteiger partial charge in [0.05, 0.1) is 25.4 Å². The average Bonchev–Trinajstić information content (AvgIpc) is 3.22. The summed E-state index contributed by atoms with van der Waals surface area (Å²) in [5, 5.41) is 4.33. The van der Waals surface area contributed by atoms with Crippen LogP contribution in [0, 0.1) is 6.92 Å². The number of hydrogen-bond acceptors (Lipinski definition) is 3. The Morgan fingerprint density at radius 1 is 1.33 bits per heavy atom. The second kappa shape index (κ2) is 8.11. The number of aryl methyl sites for hydroxylation is 1. The van der Waals surface area contributed by atoms with Gasteiger partial charge in [-0.3, -0.25) is 9.48 Å². The molecule has 1 amide bonds. The zero-order chi connectivity index (χ0) is 16.8. The molecular weight excluding hydrogens is 302 g/mol. The number of carbonyl (C=O) groups is 1. The summed E-state index contributed by atoms with van der Waals surface area (Å²) >= 11 is 0. The van der Waals surface area contributed by atoms with E-state index in [0.717, 1.165) is 37.9 Å². The summed E-state index contributed by atoms with van der Waals surface area (Å²) in [5.41, 5.74) is 2.38. The third kappa shape index (κ3) is 4.45. The zero-order valence-electron chi connectivity index (χ0n) is 14.2. The molecule has 1 fully saturated rings. The monoisotopic (exact) mass is 327 g/mol. The van der Waals surface area contributed by atoms with Gasteiger partial charge in [-0.2, -0.15) is 5.10 Å². The molecule has 0 saturated carbocycles. The number of likely N-dealkylation sites (tertiary alicyclic amines) is 1. The van der Waals surface area contributed by atoms with Crippen molar-refractivity contribution in [2.45, 2.75) is 38.8 Å². The van der Waals surface area contributed by atoms with Gasteiger partial charge in [-0.05, 0) is 37.3 Å². The Bertz CT molecular complexity index is 654. The summed E-state index contributed by atoms with van der Waals surface area (Å²) in [6.07, 6.45) is 6.81. The first kappa shape index (κ1) is 16.7. The minimum atomic E-state index is 0.0921. The zero-order valence-corrected chi connectivity index (χ0v) is 14.2. The van der Waals surface area contributed by atoms with E-state index in [1.54, 1.807) is 0 Å². The van der Waals surface area contributed by atoms with E-state index in [-0.39, 0.29) is 18.6 Å². The molecule has 2 heterocycles. The number of nitrogens with zero attached hydrogens (tertiary/aromatic N) is 3. The van der Waals surface area contributed by atoms with E-state index >= 15 is 0 Å². The maximum Gasteiger partial charge on any atom is 0.248 e. The largest absolute Gasteiger partial charge is 0.371 e. The van der Waals surface area contributed by atoms with Crippen molar-refractivity contribution in [3.05, 3.63) is 53.9 Å². The van der Waals surface area contributed by atoms with Gasteiger partial charge in [-0.15, -0.1) is 0 Å². The molecule has 1 saturated heterocycles. The van der Waals surface area contributed by atoms with E-state index in [1.165, 1.54) is 5.56 Å². The number of benzene rings is 1. The van der Waals surface area contributed by atoms with Gasteiger partial charge in [0.25, 0.3) is 0 Å². The van der Waals surface area contributed by atoms with Crippen LogP contribution in [0.4, 0.5) is 0 Å². The smallest absolute Gasteiger partial charge is 0.248 e. The predicted octanol–water partition coefficient (Wildman–Crippen LogP) is 2.44. The van der Waals surface area contributed by atoms with E-state index in [0.29, 0.717) is 6.61 Å². The molecule has 1 atom stereocenters. The van der Waals surface area contributed by atoms with Crippen LogP contribution in [-0.4, -0.2) is 46.4 Å². The molecule has 3 rings (SSSR count). The van der Waals surface area contributed by atoms with Crippen LogP contribution in [0.25, 0.3) is 0 Å². The topological polar surface area (TPSA) is 47.4 Å². The van der Waals surface area contributed by atoms with Crippen molar-refractivity contribution in [1.82, 2.24) is 14.7 Å². The highest BCUT2D eigenvalue weighted by atomic mass is 16.5. The normalized spacial score (nSPS) is 17.4. The summed E-state index contributed by atoms with van der Waals surface area (Å²) < 4.78 is 7.53. The maximum absolute atomic E-state index is 12.4. The van der Waals surface area contributed by atoms with Crippen molar-refractivity contribution in [3.63, 3.8) is 0 Å². The molecule has 1 aromatic carbocycles. The maximum atomic E-state index is 12.4. The third-order valence-electron chi connectivity index (χ3n) is 4.46. The highest BCUT2D eigenvalue weighted by Crippen LogP contribution is 2.19. The van der Waals surface area contributed by atoms with E-state index in [9.17, 15) is 4.79 Å². The van der Waals surface area contributed by atoms with Crippen LogP contribution in [0.15, 0.2) is 42.7 Å². The van der Waals surface area contributed by atoms with Gasteiger partial charge >= 0.3 is 0 Å².